The van der Waals surface area contributed by atoms with Gasteiger partial charge in [-0.25, -0.2) is 5.01 Å². The highest BCUT2D eigenvalue weighted by atomic mass is 32.2. The smallest absolute Gasteiger partial charge is 0.286 e. The number of fused-ring (bicyclic) bond motifs is 1. The molecule has 0 bridgehead atoms. The molecule has 0 spiro atoms. The zero-order valence-electron chi connectivity index (χ0n) is 20.4. The van der Waals surface area contributed by atoms with Gasteiger partial charge in [0, 0.05) is 22.5 Å². The topological polar surface area (TPSA) is 88.3 Å². The molecule has 0 saturated heterocycles. The first-order valence-electron chi connectivity index (χ1n) is 12.2. The summed E-state index contributed by atoms with van der Waals surface area (Å²) in [7, 11) is 0. The number of thioether (sulfide) groups is 1. The Morgan fingerprint density at radius 1 is 1.12 bits per heavy atom. The van der Waals surface area contributed by atoms with Gasteiger partial charge < -0.3 is 5.32 Å². The first-order valence-corrected chi connectivity index (χ1v) is 13.2. The predicted octanol–water partition coefficient (Wildman–Crippen LogP) is 5.75. The van der Waals surface area contributed by atoms with Crippen molar-refractivity contribution in [2.45, 2.75) is 70.7 Å². The Bertz CT molecular complexity index is 1080. The summed E-state index contributed by atoms with van der Waals surface area (Å²) < 4.78 is 0. The zero-order valence-corrected chi connectivity index (χ0v) is 21.2. The van der Waals surface area contributed by atoms with E-state index in [0.717, 1.165) is 35.2 Å². The van der Waals surface area contributed by atoms with Crippen molar-refractivity contribution in [3.05, 3.63) is 36.4 Å². The molecular weight excluding hydrogens is 446 g/mol. The average Bonchev–Trinajstić information content (AvgIpc) is 3.31. The number of amides is 1. The molecule has 0 aliphatic rings. The molecule has 1 N–H and O–H groups in total. The number of carbonyl (C=O) groups excluding carboxylic acids is 1. The van der Waals surface area contributed by atoms with Gasteiger partial charge in [0.1, 0.15) is 6.21 Å². The lowest BCUT2D eigenvalue weighted by Gasteiger charge is -2.11. The molecule has 182 valence electrons. The van der Waals surface area contributed by atoms with Gasteiger partial charge in [-0.3, -0.25) is 4.79 Å². The highest BCUT2D eigenvalue weighted by Gasteiger charge is 2.11. The zero-order chi connectivity index (χ0) is 24.2. The lowest BCUT2D eigenvalue weighted by Crippen LogP contribution is -2.21. The lowest BCUT2D eigenvalue weighted by molar-refractivity contribution is -0.110. The Balaban J connectivity index is 1.57. The Hall–Kier alpha value is -2.94. The molecule has 0 radical (unpaired) electrons. The van der Waals surface area contributed by atoms with Crippen molar-refractivity contribution in [2.24, 2.45) is 5.10 Å². The number of nitrogens with zero attached hydrogens (tertiary/aromatic N) is 6. The number of hydrogen-bond acceptors (Lipinski definition) is 7. The minimum atomic E-state index is -0.308. The van der Waals surface area contributed by atoms with Crippen LogP contribution >= 0.6 is 11.8 Å². The van der Waals surface area contributed by atoms with Crippen LogP contribution in [0.4, 0.5) is 11.6 Å². The van der Waals surface area contributed by atoms with Gasteiger partial charge in [-0.2, -0.15) is 9.90 Å². The number of tetrazole rings is 1. The Labute approximate surface area is 206 Å². The number of unbranched alkanes of at least 4 members (excludes halogenated alkanes) is 5. The lowest BCUT2D eigenvalue weighted by atomic mass is 10.1. The molecule has 0 atom stereocenters. The monoisotopic (exact) mass is 481 g/mol. The third kappa shape index (κ3) is 7.55. The summed E-state index contributed by atoms with van der Waals surface area (Å²) in [6.45, 7) is 7.55. The van der Waals surface area contributed by atoms with E-state index in [0.29, 0.717) is 12.5 Å². The van der Waals surface area contributed by atoms with Crippen molar-refractivity contribution in [1.29, 1.82) is 0 Å². The minimum Gasteiger partial charge on any atom is -0.321 e. The quantitative estimate of drug-likeness (QED) is 0.136. The molecule has 2 aromatic carbocycles. The van der Waals surface area contributed by atoms with Crippen LogP contribution in [-0.2, 0) is 11.3 Å². The molecule has 0 fully saturated rings. The average molecular weight is 482 g/mol. The Morgan fingerprint density at radius 2 is 1.94 bits per heavy atom. The molecule has 0 unspecified atom stereocenters. The molecule has 3 aromatic rings. The number of hydrogen-bond donors (Lipinski definition) is 1. The highest BCUT2D eigenvalue weighted by molar-refractivity contribution is 7.99. The molecule has 0 aliphatic carbocycles. The second-order valence-electron chi connectivity index (χ2n) is 8.02. The number of nitrogens with one attached hydrogen (secondary N) is 1. The molecular formula is C25H35N7OS. The summed E-state index contributed by atoms with van der Waals surface area (Å²) in [5, 5.41) is 23.5. The van der Waals surface area contributed by atoms with E-state index in [1.807, 2.05) is 25.1 Å². The third-order valence-corrected chi connectivity index (χ3v) is 6.30. The summed E-state index contributed by atoms with van der Waals surface area (Å²) in [4.78, 5) is 15.4. The number of rotatable bonds is 14. The van der Waals surface area contributed by atoms with Crippen molar-refractivity contribution < 1.29 is 4.79 Å². The van der Waals surface area contributed by atoms with Crippen LogP contribution in [0.3, 0.4) is 0 Å². The number of aromatic nitrogens is 4. The molecule has 1 heterocycles. The van der Waals surface area contributed by atoms with Crippen LogP contribution in [0, 0.1) is 0 Å². The Morgan fingerprint density at radius 3 is 2.74 bits per heavy atom. The fourth-order valence-corrected chi connectivity index (χ4v) is 4.36. The van der Waals surface area contributed by atoms with E-state index >= 15 is 0 Å². The van der Waals surface area contributed by atoms with Gasteiger partial charge >= 0.3 is 0 Å². The van der Waals surface area contributed by atoms with Crippen molar-refractivity contribution in [2.75, 3.05) is 22.6 Å². The van der Waals surface area contributed by atoms with Crippen molar-refractivity contribution >= 4 is 46.3 Å². The minimum absolute atomic E-state index is 0.308. The maximum Gasteiger partial charge on any atom is 0.286 e. The number of anilines is 2. The fourth-order valence-electron chi connectivity index (χ4n) is 3.66. The molecule has 0 saturated carbocycles. The van der Waals surface area contributed by atoms with Gasteiger partial charge in [0.25, 0.3) is 11.9 Å². The molecule has 0 aliphatic heterocycles. The second kappa shape index (κ2) is 13.7. The first kappa shape index (κ1) is 25.7. The van der Waals surface area contributed by atoms with Gasteiger partial charge in [-0.1, -0.05) is 69.2 Å². The van der Waals surface area contributed by atoms with E-state index in [1.165, 1.54) is 43.2 Å². The number of carbonyl (C=O) groups is 1. The molecule has 1 amide bonds. The van der Waals surface area contributed by atoms with Crippen LogP contribution in [0.1, 0.15) is 59.3 Å². The summed E-state index contributed by atoms with van der Waals surface area (Å²) in [5.74, 6) is 1.11. The van der Waals surface area contributed by atoms with Gasteiger partial charge in [-0.15, -0.1) is 16.9 Å². The van der Waals surface area contributed by atoms with E-state index < -0.39 is 0 Å². The van der Waals surface area contributed by atoms with E-state index in [4.69, 9.17) is 0 Å². The molecule has 8 nitrogen and oxygen atoms in total. The van der Waals surface area contributed by atoms with Crippen LogP contribution in [0.2, 0.25) is 0 Å². The first-order chi connectivity index (χ1) is 16.6. The summed E-state index contributed by atoms with van der Waals surface area (Å²) in [5.41, 5.74) is 0.757. The van der Waals surface area contributed by atoms with Crippen LogP contribution in [0.25, 0.3) is 10.8 Å². The van der Waals surface area contributed by atoms with Crippen LogP contribution in [0.5, 0.6) is 0 Å². The molecule has 34 heavy (non-hydrogen) atoms. The van der Waals surface area contributed by atoms with Crippen LogP contribution in [-0.4, -0.2) is 44.6 Å². The summed E-state index contributed by atoms with van der Waals surface area (Å²) in [6.07, 6.45) is 8.53. The number of aryl methyl sites for hydroxylation is 1. The van der Waals surface area contributed by atoms with E-state index in [1.54, 1.807) is 21.6 Å². The maximum atomic E-state index is 12.6. The van der Waals surface area contributed by atoms with Crippen LogP contribution < -0.4 is 10.3 Å². The molecule has 3 rings (SSSR count). The van der Waals surface area contributed by atoms with Crippen LogP contribution in [0.15, 0.2) is 46.4 Å². The normalized spacial score (nSPS) is 11.4. The fraction of sp³-hybridized carbons (Fsp3) is 0.480. The SMILES string of the molecule is CCCCCCCCn1nnc(N(CC)N=CC(=O)Nc2cccc3cc(SCC)ccc23)n1. The highest BCUT2D eigenvalue weighted by Crippen LogP contribution is 2.28. The number of benzene rings is 2. The summed E-state index contributed by atoms with van der Waals surface area (Å²) in [6, 6.07) is 12.2. The molecule has 1 aromatic heterocycles. The van der Waals surface area contributed by atoms with Crippen molar-refractivity contribution in [1.82, 2.24) is 20.2 Å². The third-order valence-electron chi connectivity index (χ3n) is 5.42. The van der Waals surface area contributed by atoms with Gasteiger partial charge in [0.15, 0.2) is 0 Å². The van der Waals surface area contributed by atoms with E-state index in [9.17, 15) is 4.79 Å². The van der Waals surface area contributed by atoms with Crippen molar-refractivity contribution in [3.63, 3.8) is 0 Å². The predicted molar refractivity (Wildman–Crippen MR) is 142 cm³/mol. The summed E-state index contributed by atoms with van der Waals surface area (Å²) >= 11 is 1.80. The van der Waals surface area contributed by atoms with Gasteiger partial charge in [-0.05, 0) is 47.9 Å². The van der Waals surface area contributed by atoms with E-state index in [-0.39, 0.29) is 5.91 Å². The Kier molecular flexibility index (Phi) is 10.3. The van der Waals surface area contributed by atoms with Gasteiger partial charge in [0.05, 0.1) is 6.54 Å². The van der Waals surface area contributed by atoms with E-state index in [2.05, 4.69) is 57.9 Å². The molecule has 9 heteroatoms. The number of hydrazone groups is 1. The maximum absolute atomic E-state index is 12.6. The second-order valence-corrected chi connectivity index (χ2v) is 9.36. The standard InChI is InChI=1S/C25H35N7OS/c1-4-7-8-9-10-11-17-32-29-25(28-30-32)31(5-2)26-19-24(33)27-23-14-12-13-20-18-21(34-6-3)15-16-22(20)23/h12-16,18-19H,4-11,17H2,1-3H3,(H,27,33). The largest absolute Gasteiger partial charge is 0.321 e. The van der Waals surface area contributed by atoms with Gasteiger partial charge in [0.2, 0.25) is 0 Å². The van der Waals surface area contributed by atoms with Crippen molar-refractivity contribution in [3.8, 4) is 0 Å².